The molecule has 0 rings (SSSR count). The van der Waals surface area contributed by atoms with E-state index in [0.717, 1.165) is 0 Å². The number of hydrogen-bond acceptors (Lipinski definition) is 4. The third-order valence-electron chi connectivity index (χ3n) is 0.629. The fraction of sp³-hybridized carbons (Fsp3) is 1.00. The average molecular weight is 204 g/mol. The maximum atomic E-state index is 10.1. The molecule has 1 unspecified atom stereocenters. The fourth-order valence-electron chi connectivity index (χ4n) is 0.337. The van der Waals surface area contributed by atoms with Gasteiger partial charge < -0.3 is 24.1 Å². The van der Waals surface area contributed by atoms with Crippen LogP contribution < -0.4 is 10.2 Å². The minimum atomic E-state index is -4.46. The molecule has 0 saturated heterocycles. The van der Waals surface area contributed by atoms with Crippen LogP contribution in [-0.4, -0.2) is 27.3 Å². The van der Waals surface area contributed by atoms with E-state index in [2.05, 4.69) is 0 Å². The highest BCUT2D eigenvalue weighted by Crippen LogP contribution is 2.33. The molecule has 0 radical (unpaired) electrons. The summed E-state index contributed by atoms with van der Waals surface area (Å²) in [5.41, 5.74) is 0. The Labute approximate surface area is 62.8 Å². The van der Waals surface area contributed by atoms with Crippen LogP contribution in [0.25, 0.3) is 0 Å². The number of nitrogens with one attached hydrogen (secondary N) is 1. The van der Waals surface area contributed by atoms with E-state index in [-0.39, 0.29) is 0 Å². The van der Waals surface area contributed by atoms with Crippen LogP contribution in [0.5, 0.6) is 0 Å². The minimum absolute atomic E-state index is 0.764. The SMILES string of the molecule is O=P([O-])(O)CNCP(=O)(O)O. The second-order valence-electron chi connectivity index (χ2n) is 1.87. The molecule has 0 spiro atoms. The van der Waals surface area contributed by atoms with Gasteiger partial charge in [-0.15, -0.1) is 0 Å². The predicted molar refractivity (Wildman–Crippen MR) is 34.7 cm³/mol. The smallest absolute Gasteiger partial charge is 0.339 e. The van der Waals surface area contributed by atoms with Gasteiger partial charge in [0.1, 0.15) is 7.60 Å². The van der Waals surface area contributed by atoms with Gasteiger partial charge in [0.2, 0.25) is 0 Å². The Morgan fingerprint density at radius 1 is 1.18 bits per heavy atom. The zero-order chi connectivity index (χ0) is 9.12. The first-order chi connectivity index (χ1) is 4.71. The van der Waals surface area contributed by atoms with E-state index in [4.69, 9.17) is 14.7 Å². The average Bonchev–Trinajstić information content (AvgIpc) is 1.55. The van der Waals surface area contributed by atoms with E-state index in [1.165, 1.54) is 0 Å². The molecule has 0 aromatic rings. The molecule has 0 aromatic carbocycles. The summed E-state index contributed by atoms with van der Waals surface area (Å²) in [6.45, 7) is 0. The summed E-state index contributed by atoms with van der Waals surface area (Å²) in [6, 6.07) is 0. The zero-order valence-electron chi connectivity index (χ0n) is 5.38. The molecule has 4 N–H and O–H groups in total. The van der Waals surface area contributed by atoms with E-state index >= 15 is 0 Å². The molecule has 0 saturated carbocycles. The third kappa shape index (κ3) is 10.3. The Kier molecular flexibility index (Phi) is 3.87. The molecular weight excluding hydrogens is 196 g/mol. The van der Waals surface area contributed by atoms with Gasteiger partial charge in [0.05, 0.1) is 12.6 Å². The molecule has 0 bridgehead atoms. The quantitative estimate of drug-likeness (QED) is 0.398. The van der Waals surface area contributed by atoms with E-state index in [0.29, 0.717) is 0 Å². The lowest BCUT2D eigenvalue weighted by atomic mass is 11.2. The van der Waals surface area contributed by atoms with Crippen molar-refractivity contribution in [3.8, 4) is 0 Å². The molecule has 0 amide bonds. The first kappa shape index (κ1) is 11.3. The summed E-state index contributed by atoms with van der Waals surface area (Å²) in [4.78, 5) is 34.5. The minimum Gasteiger partial charge on any atom is -0.778 e. The van der Waals surface area contributed by atoms with Crippen LogP contribution in [0.1, 0.15) is 0 Å². The molecule has 0 aromatic heterocycles. The van der Waals surface area contributed by atoms with Crippen molar-refractivity contribution in [3.05, 3.63) is 0 Å². The van der Waals surface area contributed by atoms with Crippen LogP contribution in [0, 0.1) is 0 Å². The van der Waals surface area contributed by atoms with Crippen LogP contribution in [-0.2, 0) is 9.13 Å². The zero-order valence-corrected chi connectivity index (χ0v) is 7.16. The first-order valence-corrected chi connectivity index (χ1v) is 6.05. The van der Waals surface area contributed by atoms with Crippen molar-refractivity contribution in [1.29, 1.82) is 0 Å². The van der Waals surface area contributed by atoms with Crippen LogP contribution in [0.15, 0.2) is 0 Å². The Balaban J connectivity index is 3.61. The first-order valence-electron chi connectivity index (χ1n) is 2.49. The van der Waals surface area contributed by atoms with Crippen molar-refractivity contribution >= 4 is 15.2 Å². The monoisotopic (exact) mass is 204 g/mol. The van der Waals surface area contributed by atoms with E-state index < -0.39 is 27.8 Å². The van der Waals surface area contributed by atoms with Gasteiger partial charge in [-0.05, 0) is 0 Å². The maximum Gasteiger partial charge on any atom is 0.339 e. The second-order valence-corrected chi connectivity index (χ2v) is 5.11. The highest BCUT2D eigenvalue weighted by atomic mass is 31.2. The normalized spacial score (nSPS) is 17.8. The lowest BCUT2D eigenvalue weighted by Gasteiger charge is -2.15. The molecule has 1 atom stereocenters. The van der Waals surface area contributed by atoms with Gasteiger partial charge in [-0.25, -0.2) is 0 Å². The number of hydrogen-bond donors (Lipinski definition) is 4. The van der Waals surface area contributed by atoms with Crippen molar-refractivity contribution in [3.63, 3.8) is 0 Å². The van der Waals surface area contributed by atoms with Crippen LogP contribution in [0.4, 0.5) is 0 Å². The largest absolute Gasteiger partial charge is 0.778 e. The van der Waals surface area contributed by atoms with Crippen LogP contribution in [0.2, 0.25) is 0 Å². The van der Waals surface area contributed by atoms with Crippen molar-refractivity contribution in [2.24, 2.45) is 0 Å². The molecule has 0 aliphatic rings. The Bertz CT molecular complexity index is 181. The molecular formula is C2H8NO6P2-. The third-order valence-corrected chi connectivity index (χ3v) is 1.89. The summed E-state index contributed by atoms with van der Waals surface area (Å²) >= 11 is 0. The summed E-state index contributed by atoms with van der Waals surface area (Å²) in [5.74, 6) is 0. The van der Waals surface area contributed by atoms with Gasteiger partial charge in [-0.1, -0.05) is 0 Å². The molecule has 0 aliphatic heterocycles. The van der Waals surface area contributed by atoms with Crippen LogP contribution >= 0.6 is 15.2 Å². The van der Waals surface area contributed by atoms with Gasteiger partial charge in [0.25, 0.3) is 0 Å². The maximum absolute atomic E-state index is 10.1. The molecule has 0 aliphatic carbocycles. The summed E-state index contributed by atoms with van der Waals surface area (Å²) < 4.78 is 20.1. The topological polar surface area (TPSA) is 130 Å². The lowest BCUT2D eigenvalue weighted by molar-refractivity contribution is -0.193. The van der Waals surface area contributed by atoms with E-state index in [1.807, 2.05) is 5.32 Å². The van der Waals surface area contributed by atoms with Crippen LogP contribution in [0.3, 0.4) is 0 Å². The van der Waals surface area contributed by atoms with Gasteiger partial charge >= 0.3 is 7.60 Å². The van der Waals surface area contributed by atoms with E-state index in [1.54, 1.807) is 0 Å². The fourth-order valence-corrected chi connectivity index (χ4v) is 1.31. The highest BCUT2D eigenvalue weighted by molar-refractivity contribution is 7.52. The van der Waals surface area contributed by atoms with Gasteiger partial charge in [0, 0.05) is 0 Å². The van der Waals surface area contributed by atoms with Gasteiger partial charge in [-0.3, -0.25) is 9.88 Å². The molecule has 68 valence electrons. The van der Waals surface area contributed by atoms with Gasteiger partial charge in [0.15, 0.2) is 0 Å². The lowest BCUT2D eigenvalue weighted by Crippen LogP contribution is -2.20. The molecule has 0 heterocycles. The summed E-state index contributed by atoms with van der Waals surface area (Å²) in [5, 5.41) is 1.88. The number of rotatable bonds is 4. The molecule has 9 heteroatoms. The molecule has 11 heavy (non-hydrogen) atoms. The molecule has 0 fully saturated rings. The summed E-state index contributed by atoms with van der Waals surface area (Å²) in [7, 11) is -8.69. The van der Waals surface area contributed by atoms with Crippen molar-refractivity contribution < 1.29 is 28.7 Å². The predicted octanol–water partition coefficient (Wildman–Crippen LogP) is -1.79. The Morgan fingerprint density at radius 3 is 1.91 bits per heavy atom. The standard InChI is InChI=1S/C2H9NO6P2/c4-10(5,6)1-3-2-11(7,8)9/h3H,1-2H2,(H2,4,5,6)(H2,7,8,9)/p-1. The highest BCUT2D eigenvalue weighted by Gasteiger charge is 2.12. The second kappa shape index (κ2) is 3.78. The molecule has 7 nitrogen and oxygen atoms in total. The van der Waals surface area contributed by atoms with Gasteiger partial charge in [-0.2, -0.15) is 0 Å². The van der Waals surface area contributed by atoms with Crippen molar-refractivity contribution in [2.75, 3.05) is 12.6 Å². The Hall–Kier alpha value is 0.260. The van der Waals surface area contributed by atoms with Crippen molar-refractivity contribution in [2.45, 2.75) is 0 Å². The summed E-state index contributed by atoms with van der Waals surface area (Å²) in [6.07, 6.45) is -1.60. The Morgan fingerprint density at radius 2 is 1.64 bits per heavy atom. The van der Waals surface area contributed by atoms with E-state index in [9.17, 15) is 14.0 Å². The van der Waals surface area contributed by atoms with Crippen molar-refractivity contribution in [1.82, 2.24) is 5.32 Å².